The Balaban J connectivity index is 2.55. The molecule has 22 heavy (non-hydrogen) atoms. The van der Waals surface area contributed by atoms with Crippen LogP contribution in [-0.4, -0.2) is 39.2 Å². The molecule has 0 saturated carbocycles. The smallest absolute Gasteiger partial charge is 0.328 e. The summed E-state index contributed by atoms with van der Waals surface area (Å²) in [6.45, 7) is -0.177. The van der Waals surface area contributed by atoms with Gasteiger partial charge in [0.2, 0.25) is 0 Å². The third-order valence-electron chi connectivity index (χ3n) is 2.82. The van der Waals surface area contributed by atoms with Crippen LogP contribution in [0, 0.1) is 0 Å². The van der Waals surface area contributed by atoms with Crippen molar-refractivity contribution in [3.8, 4) is 0 Å². The van der Waals surface area contributed by atoms with Gasteiger partial charge in [0.15, 0.2) is 0 Å². The fraction of sp³-hybridized carbons (Fsp3) is 0.385. The minimum atomic E-state index is -3.95. The van der Waals surface area contributed by atoms with Crippen LogP contribution in [-0.2, 0) is 31.7 Å². The van der Waals surface area contributed by atoms with E-state index in [1.165, 1.54) is 0 Å². The Bertz CT molecular complexity index is 590. The van der Waals surface area contributed by atoms with Gasteiger partial charge >= 0.3 is 19.5 Å². The molecule has 0 saturated heterocycles. The Morgan fingerprint density at radius 1 is 1.27 bits per heavy atom. The van der Waals surface area contributed by atoms with Crippen LogP contribution >= 0.6 is 7.60 Å². The van der Waals surface area contributed by atoms with Gasteiger partial charge in [0.25, 0.3) is 0 Å². The van der Waals surface area contributed by atoms with Crippen LogP contribution in [0.2, 0.25) is 0 Å². The van der Waals surface area contributed by atoms with Crippen LogP contribution in [0.1, 0.15) is 17.5 Å². The lowest BCUT2D eigenvalue weighted by molar-refractivity contribution is -0.138. The largest absolute Gasteiger partial charge is 0.481 e. The summed E-state index contributed by atoms with van der Waals surface area (Å²) in [6, 6.07) is 5.23. The van der Waals surface area contributed by atoms with Crippen LogP contribution in [0.3, 0.4) is 0 Å². The molecule has 0 fully saturated rings. The molecule has 0 amide bonds. The van der Waals surface area contributed by atoms with E-state index in [-0.39, 0.29) is 25.6 Å². The number of carboxylic acid groups (broad SMARTS) is 2. The van der Waals surface area contributed by atoms with Gasteiger partial charge in [0, 0.05) is 0 Å². The van der Waals surface area contributed by atoms with E-state index in [1.54, 1.807) is 24.3 Å². The predicted octanol–water partition coefficient (Wildman–Crippen LogP) is 0.818. The molecule has 0 spiro atoms. The molecule has 0 bridgehead atoms. The molecule has 122 valence electrons. The third-order valence-corrected chi connectivity index (χ3v) is 4.18. The zero-order valence-corrected chi connectivity index (χ0v) is 12.6. The summed E-state index contributed by atoms with van der Waals surface area (Å²) in [5, 5.41) is 17.3. The zero-order valence-electron chi connectivity index (χ0n) is 11.7. The van der Waals surface area contributed by atoms with Gasteiger partial charge in [-0.05, 0) is 17.5 Å². The van der Waals surface area contributed by atoms with Gasteiger partial charge in [-0.25, -0.2) is 0 Å². The lowest BCUT2D eigenvalue weighted by atomic mass is 10.1. The minimum Gasteiger partial charge on any atom is -0.481 e. The molecule has 0 heterocycles. The molecule has 0 aliphatic rings. The van der Waals surface area contributed by atoms with Crippen LogP contribution in [0.5, 0.6) is 0 Å². The van der Waals surface area contributed by atoms with E-state index in [0.717, 1.165) is 0 Å². The van der Waals surface area contributed by atoms with Crippen molar-refractivity contribution in [1.29, 1.82) is 0 Å². The summed E-state index contributed by atoms with van der Waals surface area (Å²) in [5.74, 6) is -2.23. The summed E-state index contributed by atoms with van der Waals surface area (Å²) in [7, 11) is -3.95. The standard InChI is InChI=1S/C13H18NO7P/c14-11(13(17)18)4-5-22(19,20)21-8-10-3-1-2-9(6-10)7-12(15)16/h1-3,6,11H,4-5,7-8,14H2,(H,15,16)(H,17,18)(H,19,20). The number of hydrogen-bond acceptors (Lipinski definition) is 5. The van der Waals surface area contributed by atoms with E-state index < -0.39 is 25.6 Å². The van der Waals surface area contributed by atoms with E-state index in [2.05, 4.69) is 0 Å². The van der Waals surface area contributed by atoms with Gasteiger partial charge < -0.3 is 25.4 Å². The number of benzene rings is 1. The fourth-order valence-corrected chi connectivity index (χ4v) is 2.75. The summed E-state index contributed by atoms with van der Waals surface area (Å²) < 4.78 is 16.7. The monoisotopic (exact) mass is 331 g/mol. The van der Waals surface area contributed by atoms with Crippen LogP contribution in [0.25, 0.3) is 0 Å². The highest BCUT2D eigenvalue weighted by Gasteiger charge is 2.23. The highest BCUT2D eigenvalue weighted by molar-refractivity contribution is 7.52. The molecule has 5 N–H and O–H groups in total. The second-order valence-electron chi connectivity index (χ2n) is 4.76. The van der Waals surface area contributed by atoms with Crippen molar-refractivity contribution < 1.29 is 33.8 Å². The van der Waals surface area contributed by atoms with E-state index in [0.29, 0.717) is 11.1 Å². The average Bonchev–Trinajstić information content (AvgIpc) is 2.42. The van der Waals surface area contributed by atoms with Crippen molar-refractivity contribution >= 4 is 19.5 Å². The molecule has 1 aromatic rings. The van der Waals surface area contributed by atoms with Crippen molar-refractivity contribution in [2.24, 2.45) is 5.73 Å². The van der Waals surface area contributed by atoms with Crippen molar-refractivity contribution in [3.05, 3.63) is 35.4 Å². The van der Waals surface area contributed by atoms with Crippen LogP contribution in [0.4, 0.5) is 0 Å². The van der Waals surface area contributed by atoms with Crippen LogP contribution in [0.15, 0.2) is 24.3 Å². The first-order valence-corrected chi connectivity index (χ1v) is 8.20. The van der Waals surface area contributed by atoms with E-state index >= 15 is 0 Å². The molecule has 1 rings (SSSR count). The summed E-state index contributed by atoms with van der Waals surface area (Å²) in [6.07, 6.45) is -0.699. The lowest BCUT2D eigenvalue weighted by Crippen LogP contribution is -2.30. The molecule has 2 atom stereocenters. The Hall–Kier alpha value is -1.73. The van der Waals surface area contributed by atoms with E-state index in [4.69, 9.17) is 20.5 Å². The number of nitrogens with two attached hydrogens (primary N) is 1. The van der Waals surface area contributed by atoms with Crippen molar-refractivity contribution in [2.45, 2.75) is 25.5 Å². The third kappa shape index (κ3) is 6.82. The number of rotatable bonds is 9. The molecule has 0 aliphatic carbocycles. The normalized spacial score (nSPS) is 15.0. The molecule has 0 aromatic heterocycles. The molecular weight excluding hydrogens is 313 g/mol. The fourth-order valence-electron chi connectivity index (χ4n) is 1.67. The molecule has 0 radical (unpaired) electrons. The maximum Gasteiger partial charge on any atom is 0.328 e. The Morgan fingerprint density at radius 3 is 2.50 bits per heavy atom. The van der Waals surface area contributed by atoms with E-state index in [1.807, 2.05) is 0 Å². The summed E-state index contributed by atoms with van der Waals surface area (Å²) >= 11 is 0. The Kier molecular flexibility index (Phi) is 6.70. The summed E-state index contributed by atoms with van der Waals surface area (Å²) in [4.78, 5) is 30.8. The number of hydrogen-bond donors (Lipinski definition) is 4. The topological polar surface area (TPSA) is 147 Å². The Labute approximate surface area is 127 Å². The highest BCUT2D eigenvalue weighted by Crippen LogP contribution is 2.43. The van der Waals surface area contributed by atoms with Crippen molar-refractivity contribution in [3.63, 3.8) is 0 Å². The molecule has 1 aromatic carbocycles. The molecule has 2 unspecified atom stereocenters. The average molecular weight is 331 g/mol. The first kappa shape index (κ1) is 18.3. The molecule has 8 nitrogen and oxygen atoms in total. The van der Waals surface area contributed by atoms with Gasteiger partial charge in [-0.15, -0.1) is 0 Å². The van der Waals surface area contributed by atoms with Gasteiger partial charge in [0.05, 0.1) is 19.2 Å². The molecule has 0 aliphatic heterocycles. The first-order chi connectivity index (χ1) is 10.2. The molecule has 9 heteroatoms. The maximum atomic E-state index is 11.8. The van der Waals surface area contributed by atoms with E-state index in [9.17, 15) is 19.0 Å². The predicted molar refractivity (Wildman–Crippen MR) is 77.5 cm³/mol. The summed E-state index contributed by atoms with van der Waals surface area (Å²) in [5.41, 5.74) is 6.36. The lowest BCUT2D eigenvalue weighted by Gasteiger charge is -2.14. The van der Waals surface area contributed by atoms with Gasteiger partial charge in [-0.3, -0.25) is 14.2 Å². The highest BCUT2D eigenvalue weighted by atomic mass is 31.2. The SMILES string of the molecule is NC(CCP(=O)(O)OCc1cccc(CC(=O)O)c1)C(=O)O. The number of aliphatic carboxylic acids is 2. The minimum absolute atomic E-state index is 0.155. The first-order valence-electron chi connectivity index (χ1n) is 6.44. The van der Waals surface area contributed by atoms with Crippen LogP contribution < -0.4 is 5.73 Å². The van der Waals surface area contributed by atoms with Crippen molar-refractivity contribution in [1.82, 2.24) is 0 Å². The van der Waals surface area contributed by atoms with Gasteiger partial charge in [-0.2, -0.15) is 0 Å². The second kappa shape index (κ2) is 8.05. The number of carbonyl (C=O) groups is 2. The quantitative estimate of drug-likeness (QED) is 0.486. The molecular formula is C13H18NO7P. The van der Waals surface area contributed by atoms with Crippen molar-refractivity contribution in [2.75, 3.05) is 6.16 Å². The maximum absolute atomic E-state index is 11.8. The van der Waals surface area contributed by atoms with Gasteiger partial charge in [0.1, 0.15) is 6.04 Å². The Morgan fingerprint density at radius 2 is 1.91 bits per heavy atom. The van der Waals surface area contributed by atoms with Gasteiger partial charge in [-0.1, -0.05) is 24.3 Å². The number of carboxylic acids is 2. The second-order valence-corrected chi connectivity index (χ2v) is 6.74. The zero-order chi connectivity index (χ0) is 16.8.